The number of rotatable bonds is 12. The first-order valence-electron chi connectivity index (χ1n) is 8.01. The van der Waals surface area contributed by atoms with Crippen molar-refractivity contribution in [2.75, 3.05) is 33.4 Å². The van der Waals surface area contributed by atoms with Crippen molar-refractivity contribution in [1.29, 1.82) is 0 Å². The quantitative estimate of drug-likeness (QED) is 0.600. The van der Waals surface area contributed by atoms with Gasteiger partial charge in [-0.15, -0.1) is 0 Å². The van der Waals surface area contributed by atoms with Crippen molar-refractivity contribution in [1.82, 2.24) is 4.90 Å². The summed E-state index contributed by atoms with van der Waals surface area (Å²) in [6, 6.07) is 0. The molecule has 0 aliphatic heterocycles. The molecule has 1 unspecified atom stereocenters. The lowest BCUT2D eigenvalue weighted by Crippen LogP contribution is -2.36. The molecule has 0 saturated heterocycles. The Morgan fingerprint density at radius 3 is 2.45 bits per heavy atom. The molecule has 20 heavy (non-hydrogen) atoms. The second kappa shape index (κ2) is 12.2. The maximum Gasteiger partial charge on any atom is 0.222 e. The van der Waals surface area contributed by atoms with Gasteiger partial charge in [-0.25, -0.2) is 0 Å². The molecule has 4 heteroatoms. The van der Waals surface area contributed by atoms with E-state index < -0.39 is 0 Å². The van der Waals surface area contributed by atoms with Gasteiger partial charge in [0.2, 0.25) is 5.91 Å². The molecular weight excluding hydrogens is 252 g/mol. The van der Waals surface area contributed by atoms with E-state index in [1.165, 1.54) is 6.42 Å². The first kappa shape index (κ1) is 19.4. The Hall–Kier alpha value is -0.610. The highest BCUT2D eigenvalue weighted by Gasteiger charge is 2.16. The van der Waals surface area contributed by atoms with Crippen molar-refractivity contribution in [3.8, 4) is 0 Å². The fourth-order valence-corrected chi connectivity index (χ4v) is 2.52. The van der Waals surface area contributed by atoms with Crippen LogP contribution < -0.4 is 5.73 Å². The predicted molar refractivity (Wildman–Crippen MR) is 84.6 cm³/mol. The van der Waals surface area contributed by atoms with Gasteiger partial charge in [-0.1, -0.05) is 33.6 Å². The van der Waals surface area contributed by atoms with E-state index in [0.717, 1.165) is 32.4 Å². The molecule has 0 aromatic heterocycles. The van der Waals surface area contributed by atoms with Crippen LogP contribution in [-0.4, -0.2) is 44.2 Å². The van der Waals surface area contributed by atoms with Gasteiger partial charge in [0.1, 0.15) is 0 Å². The number of methoxy groups -OCH3 is 1. The summed E-state index contributed by atoms with van der Waals surface area (Å²) in [5.41, 5.74) is 5.65. The second-order valence-corrected chi connectivity index (χ2v) is 6.00. The normalized spacial score (nSPS) is 12.7. The molecule has 0 fully saturated rings. The molecule has 0 aliphatic carbocycles. The molecule has 0 rings (SSSR count). The minimum absolute atomic E-state index is 0.258. The highest BCUT2D eigenvalue weighted by atomic mass is 16.5. The number of carbonyl (C=O) groups is 1. The molecule has 0 heterocycles. The smallest absolute Gasteiger partial charge is 0.222 e. The Morgan fingerprint density at radius 1 is 1.25 bits per heavy atom. The fourth-order valence-electron chi connectivity index (χ4n) is 2.52. The first-order valence-corrected chi connectivity index (χ1v) is 8.01. The van der Waals surface area contributed by atoms with E-state index in [9.17, 15) is 4.79 Å². The maximum absolute atomic E-state index is 12.3. The summed E-state index contributed by atoms with van der Waals surface area (Å²) in [7, 11) is 1.68. The summed E-state index contributed by atoms with van der Waals surface area (Å²) in [6.45, 7) is 9.32. The summed E-state index contributed by atoms with van der Waals surface area (Å²) >= 11 is 0. The van der Waals surface area contributed by atoms with Crippen LogP contribution >= 0.6 is 0 Å². The summed E-state index contributed by atoms with van der Waals surface area (Å²) in [4.78, 5) is 14.3. The lowest BCUT2D eigenvalue weighted by molar-refractivity contribution is -0.132. The third-order valence-electron chi connectivity index (χ3n) is 3.54. The summed E-state index contributed by atoms with van der Waals surface area (Å²) in [6.07, 6.45) is 4.97. The molecule has 0 spiro atoms. The predicted octanol–water partition coefficient (Wildman–Crippen LogP) is 2.66. The van der Waals surface area contributed by atoms with Crippen LogP contribution in [0.5, 0.6) is 0 Å². The van der Waals surface area contributed by atoms with E-state index in [1.54, 1.807) is 7.11 Å². The van der Waals surface area contributed by atoms with Gasteiger partial charge in [-0.3, -0.25) is 4.79 Å². The van der Waals surface area contributed by atoms with E-state index in [0.29, 0.717) is 31.4 Å². The maximum atomic E-state index is 12.3. The Labute approximate surface area is 125 Å². The monoisotopic (exact) mass is 286 g/mol. The zero-order chi connectivity index (χ0) is 15.4. The Balaban J connectivity index is 4.27. The molecule has 0 bridgehead atoms. The number of hydrogen-bond donors (Lipinski definition) is 1. The number of hydrogen-bond acceptors (Lipinski definition) is 3. The van der Waals surface area contributed by atoms with E-state index in [4.69, 9.17) is 10.5 Å². The molecule has 2 N–H and O–H groups in total. The van der Waals surface area contributed by atoms with Gasteiger partial charge in [0, 0.05) is 26.6 Å². The average molecular weight is 286 g/mol. The van der Waals surface area contributed by atoms with Crippen LogP contribution in [0.4, 0.5) is 0 Å². The second-order valence-electron chi connectivity index (χ2n) is 6.00. The number of ether oxygens (including phenoxy) is 1. The van der Waals surface area contributed by atoms with Crippen LogP contribution in [0.25, 0.3) is 0 Å². The summed E-state index contributed by atoms with van der Waals surface area (Å²) in [5, 5.41) is 0. The van der Waals surface area contributed by atoms with Gasteiger partial charge in [0.05, 0.1) is 6.61 Å². The SMILES string of the molecule is CCCC(CCN)CCC(=O)N(CCOC)CC(C)C. The minimum Gasteiger partial charge on any atom is -0.383 e. The summed E-state index contributed by atoms with van der Waals surface area (Å²) < 4.78 is 5.10. The highest BCUT2D eigenvalue weighted by Crippen LogP contribution is 2.18. The van der Waals surface area contributed by atoms with E-state index in [1.807, 2.05) is 4.90 Å². The molecule has 1 atom stereocenters. The molecule has 1 amide bonds. The van der Waals surface area contributed by atoms with Crippen LogP contribution in [0, 0.1) is 11.8 Å². The molecule has 4 nitrogen and oxygen atoms in total. The van der Waals surface area contributed by atoms with Crippen molar-refractivity contribution in [3.05, 3.63) is 0 Å². The molecule has 0 aromatic rings. The first-order chi connectivity index (χ1) is 9.54. The lowest BCUT2D eigenvalue weighted by atomic mass is 9.94. The fraction of sp³-hybridized carbons (Fsp3) is 0.938. The van der Waals surface area contributed by atoms with Crippen molar-refractivity contribution >= 4 is 5.91 Å². The Bertz CT molecular complexity index is 239. The van der Waals surface area contributed by atoms with Crippen molar-refractivity contribution in [2.45, 2.75) is 52.9 Å². The van der Waals surface area contributed by atoms with Crippen LogP contribution in [0.15, 0.2) is 0 Å². The Morgan fingerprint density at radius 2 is 1.95 bits per heavy atom. The van der Waals surface area contributed by atoms with Crippen LogP contribution in [0.3, 0.4) is 0 Å². The molecule has 0 aliphatic rings. The third-order valence-corrected chi connectivity index (χ3v) is 3.54. The van der Waals surface area contributed by atoms with E-state index in [-0.39, 0.29) is 5.91 Å². The van der Waals surface area contributed by atoms with Crippen molar-refractivity contribution in [2.24, 2.45) is 17.6 Å². The molecule has 0 radical (unpaired) electrons. The summed E-state index contributed by atoms with van der Waals surface area (Å²) in [5.74, 6) is 1.34. The highest BCUT2D eigenvalue weighted by molar-refractivity contribution is 5.76. The van der Waals surface area contributed by atoms with E-state index >= 15 is 0 Å². The molecule has 120 valence electrons. The third kappa shape index (κ3) is 9.32. The van der Waals surface area contributed by atoms with Crippen LogP contribution in [-0.2, 0) is 9.53 Å². The lowest BCUT2D eigenvalue weighted by Gasteiger charge is -2.25. The number of nitrogens with zero attached hydrogens (tertiary/aromatic N) is 1. The number of nitrogens with two attached hydrogens (primary N) is 1. The number of carbonyl (C=O) groups excluding carboxylic acids is 1. The van der Waals surface area contributed by atoms with Crippen LogP contribution in [0.1, 0.15) is 52.9 Å². The average Bonchev–Trinajstić information content (AvgIpc) is 2.40. The van der Waals surface area contributed by atoms with E-state index in [2.05, 4.69) is 20.8 Å². The van der Waals surface area contributed by atoms with Gasteiger partial charge in [-0.05, 0) is 31.2 Å². The largest absolute Gasteiger partial charge is 0.383 e. The van der Waals surface area contributed by atoms with Gasteiger partial charge >= 0.3 is 0 Å². The Kier molecular flexibility index (Phi) is 11.8. The zero-order valence-corrected chi connectivity index (χ0v) is 13.9. The van der Waals surface area contributed by atoms with Crippen molar-refractivity contribution < 1.29 is 9.53 Å². The van der Waals surface area contributed by atoms with Crippen molar-refractivity contribution in [3.63, 3.8) is 0 Å². The van der Waals surface area contributed by atoms with Gasteiger partial charge in [-0.2, -0.15) is 0 Å². The van der Waals surface area contributed by atoms with Gasteiger partial charge in [0.25, 0.3) is 0 Å². The molecular formula is C16H34N2O2. The molecule has 0 aromatic carbocycles. The number of amides is 1. The van der Waals surface area contributed by atoms with Gasteiger partial charge in [0.15, 0.2) is 0 Å². The standard InChI is InChI=1S/C16H34N2O2/c1-5-6-15(9-10-17)7-8-16(19)18(11-12-20-4)13-14(2)3/h14-15H,5-13,17H2,1-4H3. The zero-order valence-electron chi connectivity index (χ0n) is 13.9. The van der Waals surface area contributed by atoms with Crippen LogP contribution in [0.2, 0.25) is 0 Å². The molecule has 0 saturated carbocycles. The minimum atomic E-state index is 0.258. The van der Waals surface area contributed by atoms with Gasteiger partial charge < -0.3 is 15.4 Å². The topological polar surface area (TPSA) is 55.6 Å².